The van der Waals surface area contributed by atoms with E-state index in [0.29, 0.717) is 0 Å². The second-order valence-corrected chi connectivity index (χ2v) is 4.09. The topological polar surface area (TPSA) is 24.7 Å². The molecule has 2 aromatic carbocycles. The van der Waals surface area contributed by atoms with E-state index in [4.69, 9.17) is 0 Å². The number of benzene rings is 2. The van der Waals surface area contributed by atoms with Crippen LogP contribution in [0, 0.1) is 0 Å². The predicted molar refractivity (Wildman–Crippen MR) is 82.6 cm³/mol. The smallest absolute Gasteiger partial charge is 0.0671 e. The van der Waals surface area contributed by atoms with Gasteiger partial charge in [0.1, 0.15) is 0 Å². The first-order chi connectivity index (χ1) is 9.36. The monoisotopic (exact) mass is 248 g/mol. The van der Waals surface area contributed by atoms with Gasteiger partial charge >= 0.3 is 0 Å². The second kappa shape index (κ2) is 7.07. The van der Waals surface area contributed by atoms with Crippen molar-refractivity contribution < 1.29 is 0 Å². The highest BCUT2D eigenvalue weighted by Crippen LogP contribution is 2.01. The Hall–Kier alpha value is -2.48. The van der Waals surface area contributed by atoms with Crippen LogP contribution in [0.5, 0.6) is 0 Å². The summed E-state index contributed by atoms with van der Waals surface area (Å²) in [5.74, 6) is 0. The van der Waals surface area contributed by atoms with Gasteiger partial charge in [-0.15, -0.1) is 0 Å². The van der Waals surface area contributed by atoms with Crippen LogP contribution in [-0.4, -0.2) is 11.9 Å². The molecule has 2 heteroatoms. The third-order valence-electron chi connectivity index (χ3n) is 2.64. The minimum absolute atomic E-state index is 0.907. The molecule has 0 atom stereocenters. The molecule has 2 nitrogen and oxygen atoms in total. The van der Waals surface area contributed by atoms with Crippen LogP contribution in [-0.2, 0) is 0 Å². The van der Waals surface area contributed by atoms with Gasteiger partial charge in [0.15, 0.2) is 0 Å². The lowest BCUT2D eigenvalue weighted by atomic mass is 10.1. The minimum atomic E-state index is 0.907. The van der Waals surface area contributed by atoms with E-state index in [0.717, 1.165) is 16.8 Å². The number of nitrogens with zero attached hydrogens (tertiary/aromatic N) is 2. The lowest BCUT2D eigenvalue weighted by molar-refractivity contribution is 1.24. The van der Waals surface area contributed by atoms with Crippen LogP contribution < -0.4 is 0 Å². The van der Waals surface area contributed by atoms with Crippen molar-refractivity contribution in [2.75, 3.05) is 0 Å². The Balaban J connectivity index is 1.95. The first kappa shape index (κ1) is 13.0. The van der Waals surface area contributed by atoms with Gasteiger partial charge < -0.3 is 0 Å². The highest BCUT2D eigenvalue weighted by Gasteiger charge is 1.92. The summed E-state index contributed by atoms with van der Waals surface area (Å²) in [7, 11) is 0. The van der Waals surface area contributed by atoms with Gasteiger partial charge in [-0.1, -0.05) is 66.7 Å². The van der Waals surface area contributed by atoms with Crippen molar-refractivity contribution in [3.05, 3.63) is 77.9 Å². The van der Waals surface area contributed by atoms with Crippen molar-refractivity contribution in [3.63, 3.8) is 0 Å². The zero-order valence-electron chi connectivity index (χ0n) is 10.9. The summed E-state index contributed by atoms with van der Waals surface area (Å²) in [4.78, 5) is 0. The fourth-order valence-electron chi connectivity index (χ4n) is 1.61. The average Bonchev–Trinajstić information content (AvgIpc) is 2.49. The molecule has 0 aliphatic rings. The standard InChI is InChI=1S/C17H16N2/c1-15(17-12-6-3-7-13-17)19-18-14-8-11-16-9-4-2-5-10-16/h2-14H,1H3/b11-8+,18-14+,19-15-. The fourth-order valence-corrected chi connectivity index (χ4v) is 1.61. The van der Waals surface area contributed by atoms with E-state index in [9.17, 15) is 0 Å². The molecule has 0 spiro atoms. The molecule has 0 saturated carbocycles. The Labute approximate surface area is 113 Å². The molecule has 0 amide bonds. The zero-order valence-corrected chi connectivity index (χ0v) is 10.9. The molecule has 94 valence electrons. The van der Waals surface area contributed by atoms with Crippen LogP contribution in [0.15, 0.2) is 76.9 Å². The van der Waals surface area contributed by atoms with Crippen LogP contribution in [0.2, 0.25) is 0 Å². The summed E-state index contributed by atoms with van der Waals surface area (Å²) in [5, 5.41) is 8.20. The summed E-state index contributed by atoms with van der Waals surface area (Å²) in [6.45, 7) is 1.95. The molecule has 2 rings (SSSR count). The SMILES string of the molecule is C/C(=N/N=C/C=C/c1ccccc1)c1ccccc1. The maximum atomic E-state index is 4.16. The molecule has 0 aromatic heterocycles. The molecule has 0 fully saturated rings. The molecule has 0 aliphatic carbocycles. The molecule has 0 heterocycles. The zero-order chi connectivity index (χ0) is 13.3. The van der Waals surface area contributed by atoms with Gasteiger partial charge in [-0.3, -0.25) is 0 Å². The Bertz CT molecular complexity index is 581. The molecule has 2 aromatic rings. The van der Waals surface area contributed by atoms with Crippen LogP contribution in [0.25, 0.3) is 6.08 Å². The van der Waals surface area contributed by atoms with Crippen molar-refractivity contribution in [1.29, 1.82) is 0 Å². The normalized spacial score (nSPS) is 12.4. The Kier molecular flexibility index (Phi) is 4.82. The van der Waals surface area contributed by atoms with Gasteiger partial charge in [-0.25, -0.2) is 0 Å². The van der Waals surface area contributed by atoms with Crippen LogP contribution in [0.1, 0.15) is 18.1 Å². The van der Waals surface area contributed by atoms with Crippen molar-refractivity contribution in [2.24, 2.45) is 10.2 Å². The minimum Gasteiger partial charge on any atom is -0.159 e. The van der Waals surface area contributed by atoms with Gasteiger partial charge in [0.05, 0.1) is 5.71 Å². The molecule has 0 saturated heterocycles. The van der Waals surface area contributed by atoms with Crippen LogP contribution in [0.4, 0.5) is 0 Å². The largest absolute Gasteiger partial charge is 0.159 e. The summed E-state index contributed by atoms with van der Waals surface area (Å²) in [6.07, 6.45) is 5.58. The summed E-state index contributed by atoms with van der Waals surface area (Å²) in [6, 6.07) is 20.1. The summed E-state index contributed by atoms with van der Waals surface area (Å²) < 4.78 is 0. The van der Waals surface area contributed by atoms with Crippen LogP contribution in [0.3, 0.4) is 0 Å². The van der Waals surface area contributed by atoms with E-state index >= 15 is 0 Å². The van der Waals surface area contributed by atoms with Gasteiger partial charge in [-0.05, 0) is 24.1 Å². The van der Waals surface area contributed by atoms with E-state index in [1.807, 2.05) is 79.7 Å². The lowest BCUT2D eigenvalue weighted by Crippen LogP contribution is -1.92. The highest BCUT2D eigenvalue weighted by molar-refractivity contribution is 5.98. The van der Waals surface area contributed by atoms with Gasteiger partial charge in [0, 0.05) is 6.21 Å². The maximum Gasteiger partial charge on any atom is 0.0671 e. The quantitative estimate of drug-likeness (QED) is 0.572. The first-order valence-corrected chi connectivity index (χ1v) is 6.21. The molecular formula is C17H16N2. The van der Waals surface area contributed by atoms with E-state index in [2.05, 4.69) is 10.2 Å². The lowest BCUT2D eigenvalue weighted by Gasteiger charge is -1.95. The molecular weight excluding hydrogens is 232 g/mol. The highest BCUT2D eigenvalue weighted by atomic mass is 15.2. The van der Waals surface area contributed by atoms with Crippen molar-refractivity contribution in [3.8, 4) is 0 Å². The molecule has 0 bridgehead atoms. The Morgan fingerprint density at radius 1 is 0.895 bits per heavy atom. The Morgan fingerprint density at radius 3 is 2.21 bits per heavy atom. The molecule has 0 aliphatic heterocycles. The van der Waals surface area contributed by atoms with Crippen molar-refractivity contribution in [1.82, 2.24) is 0 Å². The van der Waals surface area contributed by atoms with E-state index in [1.165, 1.54) is 0 Å². The van der Waals surface area contributed by atoms with Crippen molar-refractivity contribution >= 4 is 18.0 Å². The number of hydrogen-bond acceptors (Lipinski definition) is 2. The molecule has 19 heavy (non-hydrogen) atoms. The number of rotatable bonds is 4. The predicted octanol–water partition coefficient (Wildman–Crippen LogP) is 4.19. The van der Waals surface area contributed by atoms with Crippen LogP contribution >= 0.6 is 0 Å². The van der Waals surface area contributed by atoms with Gasteiger partial charge in [0.2, 0.25) is 0 Å². The average molecular weight is 248 g/mol. The fraction of sp³-hybridized carbons (Fsp3) is 0.0588. The molecule has 0 unspecified atom stereocenters. The first-order valence-electron chi connectivity index (χ1n) is 6.21. The van der Waals surface area contributed by atoms with Gasteiger partial charge in [-0.2, -0.15) is 10.2 Å². The van der Waals surface area contributed by atoms with E-state index in [1.54, 1.807) is 6.21 Å². The number of allylic oxidation sites excluding steroid dienone is 1. The Morgan fingerprint density at radius 2 is 1.53 bits per heavy atom. The second-order valence-electron chi connectivity index (χ2n) is 4.09. The van der Waals surface area contributed by atoms with Gasteiger partial charge in [0.25, 0.3) is 0 Å². The van der Waals surface area contributed by atoms with E-state index in [-0.39, 0.29) is 0 Å². The molecule has 0 N–H and O–H groups in total. The number of hydrogen-bond donors (Lipinski definition) is 0. The summed E-state index contributed by atoms with van der Waals surface area (Å²) in [5.41, 5.74) is 3.15. The molecule has 0 radical (unpaired) electrons. The summed E-state index contributed by atoms with van der Waals surface area (Å²) >= 11 is 0. The van der Waals surface area contributed by atoms with E-state index < -0.39 is 0 Å². The maximum absolute atomic E-state index is 4.16. The third kappa shape index (κ3) is 4.36. The third-order valence-corrected chi connectivity index (χ3v) is 2.64. The van der Waals surface area contributed by atoms with Crippen molar-refractivity contribution in [2.45, 2.75) is 6.92 Å².